The van der Waals surface area contributed by atoms with E-state index in [0.29, 0.717) is 18.0 Å². The minimum absolute atomic E-state index is 0.122. The molecule has 0 aromatic heterocycles. The maximum atomic E-state index is 12.8. The second kappa shape index (κ2) is 5.01. The smallest absolute Gasteiger partial charge is 0.239 e. The molecule has 1 heterocycles. The zero-order valence-electron chi connectivity index (χ0n) is 12.7. The van der Waals surface area contributed by atoms with Crippen LogP contribution in [0.1, 0.15) is 58.3 Å². The highest BCUT2D eigenvalue weighted by Crippen LogP contribution is 2.50. The summed E-state index contributed by atoms with van der Waals surface area (Å²) >= 11 is 0. The van der Waals surface area contributed by atoms with Crippen LogP contribution in [0.25, 0.3) is 0 Å². The van der Waals surface area contributed by atoms with Gasteiger partial charge in [-0.1, -0.05) is 6.42 Å². The molecule has 3 nitrogen and oxygen atoms in total. The van der Waals surface area contributed by atoms with Gasteiger partial charge in [-0.15, -0.1) is 0 Å². The first kappa shape index (κ1) is 13.1. The molecule has 0 aromatic carbocycles. The van der Waals surface area contributed by atoms with Gasteiger partial charge in [-0.3, -0.25) is 4.79 Å². The summed E-state index contributed by atoms with van der Waals surface area (Å²) in [6, 6.07) is 1.24. The van der Waals surface area contributed by atoms with E-state index in [9.17, 15) is 4.79 Å². The summed E-state index contributed by atoms with van der Waals surface area (Å²) in [6.07, 6.45) is 10.5. The van der Waals surface area contributed by atoms with Crippen molar-refractivity contribution < 1.29 is 4.79 Å². The third-order valence-corrected chi connectivity index (χ3v) is 6.39. The van der Waals surface area contributed by atoms with Crippen molar-refractivity contribution in [3.63, 3.8) is 0 Å². The molecule has 4 fully saturated rings. The van der Waals surface area contributed by atoms with Crippen molar-refractivity contribution in [1.29, 1.82) is 0 Å². The minimum atomic E-state index is 0.122. The number of piperidine rings is 1. The summed E-state index contributed by atoms with van der Waals surface area (Å²) in [6.45, 7) is 3.32. The van der Waals surface area contributed by atoms with E-state index >= 15 is 0 Å². The van der Waals surface area contributed by atoms with Crippen molar-refractivity contribution in [1.82, 2.24) is 10.2 Å². The number of hydrogen-bond acceptors (Lipinski definition) is 2. The van der Waals surface area contributed by atoms with Crippen molar-refractivity contribution in [2.24, 2.45) is 17.8 Å². The van der Waals surface area contributed by atoms with E-state index in [1.807, 2.05) is 0 Å². The van der Waals surface area contributed by atoms with E-state index in [1.54, 1.807) is 0 Å². The van der Waals surface area contributed by atoms with E-state index in [4.69, 9.17) is 0 Å². The Kier molecular flexibility index (Phi) is 3.29. The van der Waals surface area contributed by atoms with E-state index in [0.717, 1.165) is 30.7 Å². The van der Waals surface area contributed by atoms with Gasteiger partial charge in [0.1, 0.15) is 0 Å². The lowest BCUT2D eigenvalue weighted by Gasteiger charge is -2.41. The number of fused-ring (bicyclic) bond motifs is 2. The van der Waals surface area contributed by atoms with Crippen molar-refractivity contribution >= 4 is 5.91 Å². The fourth-order valence-corrected chi connectivity index (χ4v) is 5.11. The summed E-state index contributed by atoms with van der Waals surface area (Å²) in [5.41, 5.74) is 0. The third kappa shape index (κ3) is 2.28. The van der Waals surface area contributed by atoms with Crippen LogP contribution >= 0.6 is 0 Å². The zero-order valence-corrected chi connectivity index (χ0v) is 12.7. The van der Waals surface area contributed by atoms with Crippen molar-refractivity contribution in [2.75, 3.05) is 6.54 Å². The Balaban J connectivity index is 1.42. The van der Waals surface area contributed by atoms with E-state index in [1.165, 1.54) is 44.9 Å². The van der Waals surface area contributed by atoms with Gasteiger partial charge in [0, 0.05) is 18.6 Å². The van der Waals surface area contributed by atoms with Gasteiger partial charge in [-0.2, -0.15) is 0 Å². The Morgan fingerprint density at radius 1 is 1.15 bits per heavy atom. The number of amides is 1. The highest BCUT2D eigenvalue weighted by Gasteiger charge is 2.45. The maximum Gasteiger partial charge on any atom is 0.239 e. The first-order valence-electron chi connectivity index (χ1n) is 8.79. The third-order valence-electron chi connectivity index (χ3n) is 6.39. The van der Waals surface area contributed by atoms with Crippen molar-refractivity contribution in [3.8, 4) is 0 Å². The van der Waals surface area contributed by atoms with E-state index < -0.39 is 0 Å². The monoisotopic (exact) mass is 276 g/mol. The summed E-state index contributed by atoms with van der Waals surface area (Å²) in [7, 11) is 0. The van der Waals surface area contributed by atoms with Crippen LogP contribution in [-0.2, 0) is 4.79 Å². The molecular formula is C17H28N2O. The first-order valence-corrected chi connectivity index (χ1v) is 8.79. The molecule has 1 aliphatic heterocycles. The maximum absolute atomic E-state index is 12.8. The van der Waals surface area contributed by atoms with Gasteiger partial charge in [0.15, 0.2) is 0 Å². The zero-order chi connectivity index (χ0) is 13.7. The van der Waals surface area contributed by atoms with Crippen LogP contribution < -0.4 is 5.32 Å². The molecular weight excluding hydrogens is 248 g/mol. The van der Waals surface area contributed by atoms with Crippen LogP contribution in [0.15, 0.2) is 0 Å². The van der Waals surface area contributed by atoms with Gasteiger partial charge in [0.2, 0.25) is 5.91 Å². The summed E-state index contributed by atoms with van der Waals surface area (Å²) in [4.78, 5) is 15.0. The van der Waals surface area contributed by atoms with Gasteiger partial charge in [-0.05, 0) is 69.6 Å². The molecule has 0 radical (unpaired) electrons. The van der Waals surface area contributed by atoms with Gasteiger partial charge in [0.25, 0.3) is 0 Å². The second-order valence-electron chi connectivity index (χ2n) is 7.75. The Morgan fingerprint density at radius 2 is 2.00 bits per heavy atom. The van der Waals surface area contributed by atoms with Gasteiger partial charge >= 0.3 is 0 Å². The molecule has 1 saturated heterocycles. The number of hydrogen-bond donors (Lipinski definition) is 1. The van der Waals surface area contributed by atoms with E-state index in [-0.39, 0.29) is 6.04 Å². The number of nitrogens with zero attached hydrogens (tertiary/aromatic N) is 1. The normalized spacial score (nSPS) is 42.2. The summed E-state index contributed by atoms with van der Waals surface area (Å²) in [5, 5.41) is 3.56. The van der Waals surface area contributed by atoms with Crippen LogP contribution in [0.3, 0.4) is 0 Å². The van der Waals surface area contributed by atoms with Crippen LogP contribution in [0.2, 0.25) is 0 Å². The highest BCUT2D eigenvalue weighted by atomic mass is 16.2. The second-order valence-corrected chi connectivity index (χ2v) is 7.75. The molecule has 5 atom stereocenters. The van der Waals surface area contributed by atoms with Crippen LogP contribution in [-0.4, -0.2) is 35.5 Å². The average molecular weight is 276 g/mol. The predicted octanol–water partition coefficient (Wildman–Crippen LogP) is 2.55. The predicted molar refractivity (Wildman–Crippen MR) is 79.3 cm³/mol. The molecule has 3 saturated carbocycles. The molecule has 112 valence electrons. The number of carbonyl (C=O) groups is 1. The SMILES string of the molecule is CC(C1CC2CCC1C2)N1CCCC(NC2CC2)C1=O. The first-order chi connectivity index (χ1) is 9.72. The van der Waals surface area contributed by atoms with Gasteiger partial charge < -0.3 is 10.2 Å². The fourth-order valence-electron chi connectivity index (χ4n) is 5.11. The van der Waals surface area contributed by atoms with Crippen LogP contribution in [0.4, 0.5) is 0 Å². The lowest BCUT2D eigenvalue weighted by atomic mass is 9.82. The Hall–Kier alpha value is -0.570. The molecule has 1 amide bonds. The fraction of sp³-hybridized carbons (Fsp3) is 0.941. The molecule has 0 aromatic rings. The average Bonchev–Trinajstić information content (AvgIpc) is 3.01. The molecule has 3 aliphatic carbocycles. The molecule has 20 heavy (non-hydrogen) atoms. The van der Waals surface area contributed by atoms with Crippen molar-refractivity contribution in [2.45, 2.75) is 76.4 Å². The van der Waals surface area contributed by atoms with Crippen LogP contribution in [0, 0.1) is 17.8 Å². The van der Waals surface area contributed by atoms with Gasteiger partial charge in [-0.25, -0.2) is 0 Å². The van der Waals surface area contributed by atoms with E-state index in [2.05, 4.69) is 17.1 Å². The topological polar surface area (TPSA) is 32.3 Å². The number of nitrogens with one attached hydrogen (secondary N) is 1. The highest BCUT2D eigenvalue weighted by molar-refractivity contribution is 5.83. The molecule has 3 heteroatoms. The van der Waals surface area contributed by atoms with Gasteiger partial charge in [0.05, 0.1) is 6.04 Å². The molecule has 2 bridgehead atoms. The summed E-state index contributed by atoms with van der Waals surface area (Å²) in [5.74, 6) is 3.09. The Labute approximate surface area is 122 Å². The molecule has 4 rings (SSSR count). The standard InChI is InChI=1S/C17H28N2O/c1-11(15-10-12-4-5-13(15)9-12)19-8-2-3-16(17(19)20)18-14-6-7-14/h11-16,18H,2-10H2,1H3. The molecule has 1 N–H and O–H groups in total. The Morgan fingerprint density at radius 3 is 2.65 bits per heavy atom. The van der Waals surface area contributed by atoms with Crippen LogP contribution in [0.5, 0.6) is 0 Å². The number of carbonyl (C=O) groups excluding carboxylic acids is 1. The summed E-state index contributed by atoms with van der Waals surface area (Å²) < 4.78 is 0. The molecule has 0 spiro atoms. The lowest BCUT2D eigenvalue weighted by Crippen LogP contribution is -2.55. The molecule has 5 unspecified atom stereocenters. The number of rotatable bonds is 4. The Bertz CT molecular complexity index is 392. The minimum Gasteiger partial charge on any atom is -0.338 e. The van der Waals surface area contributed by atoms with Crippen molar-refractivity contribution in [3.05, 3.63) is 0 Å². The largest absolute Gasteiger partial charge is 0.338 e. The quantitative estimate of drug-likeness (QED) is 0.856. The molecule has 4 aliphatic rings. The number of likely N-dealkylation sites (tertiary alicyclic amines) is 1. The lowest BCUT2D eigenvalue weighted by molar-refractivity contribution is -0.140.